The average Bonchev–Trinajstić information content (AvgIpc) is 2.54. The maximum absolute atomic E-state index is 11.9. The van der Waals surface area contributed by atoms with Gasteiger partial charge in [0.1, 0.15) is 0 Å². The first-order valence-electron chi connectivity index (χ1n) is 7.59. The molecule has 1 saturated heterocycles. The molecule has 1 heterocycles. The number of piperazine rings is 1. The molecular formula is C16H25N3O2. The number of methoxy groups -OCH3 is 1. The number of amides is 1. The molecule has 1 aliphatic rings. The van der Waals surface area contributed by atoms with Crippen molar-refractivity contribution in [3.8, 4) is 0 Å². The maximum Gasteiger partial charge on any atom is 0.251 e. The van der Waals surface area contributed by atoms with Gasteiger partial charge >= 0.3 is 0 Å². The van der Waals surface area contributed by atoms with E-state index in [0.29, 0.717) is 6.54 Å². The van der Waals surface area contributed by atoms with Gasteiger partial charge in [-0.15, -0.1) is 0 Å². The highest BCUT2D eigenvalue weighted by atomic mass is 16.5. The summed E-state index contributed by atoms with van der Waals surface area (Å²) >= 11 is 0. The van der Waals surface area contributed by atoms with Crippen LogP contribution in [0, 0.1) is 0 Å². The molecule has 0 spiro atoms. The van der Waals surface area contributed by atoms with Crippen LogP contribution in [0.4, 0.5) is 5.69 Å². The molecule has 1 fully saturated rings. The van der Waals surface area contributed by atoms with Crippen molar-refractivity contribution in [1.82, 2.24) is 10.2 Å². The highest BCUT2D eigenvalue weighted by Gasteiger charge is 2.17. The Morgan fingerprint density at radius 1 is 1.29 bits per heavy atom. The van der Waals surface area contributed by atoms with Crippen LogP contribution in [-0.2, 0) is 4.74 Å². The normalized spacial score (nSPS) is 16.0. The number of nitrogens with one attached hydrogen (secondary N) is 1. The fourth-order valence-electron chi connectivity index (χ4n) is 2.56. The largest absolute Gasteiger partial charge is 0.383 e. The molecule has 21 heavy (non-hydrogen) atoms. The predicted molar refractivity (Wildman–Crippen MR) is 85.0 cm³/mol. The number of ether oxygens (including phenoxy) is 1. The number of nitrogens with zero attached hydrogens (tertiary/aromatic N) is 2. The van der Waals surface area contributed by atoms with Crippen molar-refractivity contribution in [3.05, 3.63) is 29.8 Å². The lowest BCUT2D eigenvalue weighted by molar-refractivity contribution is 0.0956. The first-order chi connectivity index (χ1) is 10.2. The SMILES string of the molecule is CCNC(=O)c1cccc(N2CCN(CCOC)CC2)c1. The molecule has 0 saturated carbocycles. The molecule has 0 aliphatic carbocycles. The lowest BCUT2D eigenvalue weighted by Gasteiger charge is -2.36. The Hall–Kier alpha value is -1.59. The average molecular weight is 291 g/mol. The van der Waals surface area contributed by atoms with Gasteiger partial charge < -0.3 is 15.0 Å². The van der Waals surface area contributed by atoms with Crippen LogP contribution in [0.15, 0.2) is 24.3 Å². The second-order valence-electron chi connectivity index (χ2n) is 5.23. The zero-order valence-electron chi connectivity index (χ0n) is 13.0. The predicted octanol–water partition coefficient (Wildman–Crippen LogP) is 1.20. The highest BCUT2D eigenvalue weighted by Crippen LogP contribution is 2.18. The number of benzene rings is 1. The Kier molecular flexibility index (Phi) is 6.02. The molecule has 0 atom stereocenters. The van der Waals surface area contributed by atoms with Gasteiger partial charge in [0.2, 0.25) is 0 Å². The van der Waals surface area contributed by atoms with E-state index < -0.39 is 0 Å². The lowest BCUT2D eigenvalue weighted by atomic mass is 10.1. The second kappa shape index (κ2) is 8.00. The van der Waals surface area contributed by atoms with Crippen molar-refractivity contribution in [2.45, 2.75) is 6.92 Å². The van der Waals surface area contributed by atoms with Crippen LogP contribution in [0.3, 0.4) is 0 Å². The Morgan fingerprint density at radius 2 is 2.05 bits per heavy atom. The number of anilines is 1. The van der Waals surface area contributed by atoms with Gasteiger partial charge in [-0.1, -0.05) is 6.07 Å². The summed E-state index contributed by atoms with van der Waals surface area (Å²) in [6, 6.07) is 7.88. The van der Waals surface area contributed by atoms with E-state index in [1.807, 2.05) is 25.1 Å². The van der Waals surface area contributed by atoms with Crippen molar-refractivity contribution in [3.63, 3.8) is 0 Å². The van der Waals surface area contributed by atoms with Gasteiger partial charge in [0.15, 0.2) is 0 Å². The molecule has 1 aromatic carbocycles. The molecule has 0 radical (unpaired) electrons. The lowest BCUT2D eigenvalue weighted by Crippen LogP contribution is -2.47. The summed E-state index contributed by atoms with van der Waals surface area (Å²) in [5.41, 5.74) is 1.86. The fourth-order valence-corrected chi connectivity index (χ4v) is 2.56. The summed E-state index contributed by atoms with van der Waals surface area (Å²) in [6.07, 6.45) is 0. The number of carbonyl (C=O) groups excluding carboxylic acids is 1. The van der Waals surface area contributed by atoms with Crippen LogP contribution in [0.5, 0.6) is 0 Å². The van der Waals surface area contributed by atoms with Crippen LogP contribution >= 0.6 is 0 Å². The number of carbonyl (C=O) groups is 1. The molecule has 0 unspecified atom stereocenters. The molecule has 1 aromatic rings. The van der Waals surface area contributed by atoms with Gasteiger partial charge in [-0.3, -0.25) is 9.69 Å². The zero-order valence-corrected chi connectivity index (χ0v) is 13.0. The smallest absolute Gasteiger partial charge is 0.251 e. The highest BCUT2D eigenvalue weighted by molar-refractivity contribution is 5.95. The summed E-state index contributed by atoms with van der Waals surface area (Å²) in [6.45, 7) is 8.41. The summed E-state index contributed by atoms with van der Waals surface area (Å²) in [7, 11) is 1.74. The third kappa shape index (κ3) is 4.44. The molecule has 5 nitrogen and oxygen atoms in total. The van der Waals surface area contributed by atoms with Crippen LogP contribution < -0.4 is 10.2 Å². The third-order valence-corrected chi connectivity index (χ3v) is 3.79. The van der Waals surface area contributed by atoms with Crippen molar-refractivity contribution >= 4 is 11.6 Å². The van der Waals surface area contributed by atoms with Gasteiger partial charge in [-0.2, -0.15) is 0 Å². The Bertz CT molecular complexity index is 457. The van der Waals surface area contributed by atoms with Crippen LogP contribution in [0.25, 0.3) is 0 Å². The van der Waals surface area contributed by atoms with Crippen LogP contribution in [-0.4, -0.2) is 63.8 Å². The number of rotatable bonds is 6. The minimum Gasteiger partial charge on any atom is -0.383 e. The molecule has 1 N–H and O–H groups in total. The van der Waals surface area contributed by atoms with Gasteiger partial charge in [0.25, 0.3) is 5.91 Å². The molecule has 116 valence electrons. The van der Waals surface area contributed by atoms with Crippen LogP contribution in [0.2, 0.25) is 0 Å². The number of hydrogen-bond acceptors (Lipinski definition) is 4. The maximum atomic E-state index is 11.9. The van der Waals surface area contributed by atoms with Crippen molar-refractivity contribution in [2.75, 3.05) is 57.9 Å². The minimum atomic E-state index is -0.00178. The first kappa shape index (κ1) is 15.8. The van der Waals surface area contributed by atoms with E-state index in [1.165, 1.54) is 0 Å². The quantitative estimate of drug-likeness (QED) is 0.855. The van der Waals surface area contributed by atoms with E-state index in [2.05, 4.69) is 21.2 Å². The first-order valence-corrected chi connectivity index (χ1v) is 7.59. The summed E-state index contributed by atoms with van der Waals surface area (Å²) in [5.74, 6) is -0.00178. The summed E-state index contributed by atoms with van der Waals surface area (Å²) < 4.78 is 5.12. The van der Waals surface area contributed by atoms with Gasteiger partial charge in [-0.25, -0.2) is 0 Å². The molecule has 5 heteroatoms. The van der Waals surface area contributed by atoms with Gasteiger partial charge in [0, 0.05) is 57.6 Å². The Morgan fingerprint density at radius 3 is 2.71 bits per heavy atom. The monoisotopic (exact) mass is 291 g/mol. The molecular weight excluding hydrogens is 266 g/mol. The molecule has 0 aromatic heterocycles. The van der Waals surface area contributed by atoms with Crippen LogP contribution in [0.1, 0.15) is 17.3 Å². The molecule has 1 amide bonds. The van der Waals surface area contributed by atoms with E-state index in [4.69, 9.17) is 4.74 Å². The van der Waals surface area contributed by atoms with E-state index in [-0.39, 0.29) is 5.91 Å². The molecule has 2 rings (SSSR count). The van der Waals surface area contributed by atoms with E-state index >= 15 is 0 Å². The van der Waals surface area contributed by atoms with Crippen molar-refractivity contribution < 1.29 is 9.53 Å². The Labute approximate surface area is 126 Å². The van der Waals surface area contributed by atoms with Crippen molar-refractivity contribution in [2.24, 2.45) is 0 Å². The van der Waals surface area contributed by atoms with E-state index in [9.17, 15) is 4.79 Å². The second-order valence-corrected chi connectivity index (χ2v) is 5.23. The standard InChI is InChI=1S/C16H25N3O2/c1-3-17-16(20)14-5-4-6-15(13-14)19-9-7-18(8-10-19)11-12-21-2/h4-6,13H,3,7-12H2,1-2H3,(H,17,20). The zero-order chi connectivity index (χ0) is 15.1. The molecule has 1 aliphatic heterocycles. The Balaban J connectivity index is 1.94. The summed E-state index contributed by atoms with van der Waals surface area (Å²) in [4.78, 5) is 16.6. The van der Waals surface area contributed by atoms with E-state index in [0.717, 1.165) is 50.6 Å². The number of hydrogen-bond donors (Lipinski definition) is 1. The van der Waals surface area contributed by atoms with Gasteiger partial charge in [0.05, 0.1) is 6.61 Å². The van der Waals surface area contributed by atoms with E-state index in [1.54, 1.807) is 7.11 Å². The fraction of sp³-hybridized carbons (Fsp3) is 0.562. The topological polar surface area (TPSA) is 44.8 Å². The molecule has 0 bridgehead atoms. The van der Waals surface area contributed by atoms with Crippen molar-refractivity contribution in [1.29, 1.82) is 0 Å². The third-order valence-electron chi connectivity index (χ3n) is 3.79. The van der Waals surface area contributed by atoms with Gasteiger partial charge in [-0.05, 0) is 25.1 Å². The minimum absolute atomic E-state index is 0.00178. The summed E-state index contributed by atoms with van der Waals surface area (Å²) in [5, 5.41) is 2.84.